The zero-order valence-electron chi connectivity index (χ0n) is 14.9. The Kier molecular flexibility index (Phi) is 5.61. The topological polar surface area (TPSA) is 56.8 Å². The lowest BCUT2D eigenvalue weighted by molar-refractivity contribution is -0.123. The van der Waals surface area contributed by atoms with Gasteiger partial charge in [0, 0.05) is 30.2 Å². The average Bonchev–Trinajstić information content (AvgIpc) is 2.97. The fourth-order valence-corrected chi connectivity index (χ4v) is 2.86. The van der Waals surface area contributed by atoms with Crippen molar-refractivity contribution in [2.45, 2.75) is 32.9 Å². The van der Waals surface area contributed by atoms with E-state index in [1.165, 1.54) is 18.2 Å². The van der Waals surface area contributed by atoms with Crippen LogP contribution < -0.4 is 19.5 Å². The summed E-state index contributed by atoms with van der Waals surface area (Å²) in [6, 6.07) is 9.58. The molecule has 0 saturated carbocycles. The van der Waals surface area contributed by atoms with Crippen molar-refractivity contribution in [2.75, 3.05) is 13.2 Å². The van der Waals surface area contributed by atoms with Gasteiger partial charge >= 0.3 is 0 Å². The molecule has 2 aromatic carbocycles. The number of ether oxygens (including phenoxy) is 3. The first kappa shape index (κ1) is 18.0. The van der Waals surface area contributed by atoms with E-state index in [2.05, 4.69) is 5.32 Å². The first-order valence-corrected chi connectivity index (χ1v) is 8.65. The number of rotatable bonds is 7. The van der Waals surface area contributed by atoms with Crippen LogP contribution in [-0.2, 0) is 17.8 Å². The first-order valence-electron chi connectivity index (χ1n) is 8.65. The van der Waals surface area contributed by atoms with Crippen LogP contribution >= 0.6 is 0 Å². The molecule has 26 heavy (non-hydrogen) atoms. The lowest BCUT2D eigenvalue weighted by Crippen LogP contribution is -2.28. The van der Waals surface area contributed by atoms with E-state index in [9.17, 15) is 9.18 Å². The minimum Gasteiger partial charge on any atom is -0.494 e. The summed E-state index contributed by atoms with van der Waals surface area (Å²) in [7, 11) is 0. The number of nitrogens with one attached hydrogen (secondary N) is 1. The molecule has 1 heterocycles. The summed E-state index contributed by atoms with van der Waals surface area (Å²) >= 11 is 0. The number of amides is 1. The number of fused-ring (bicyclic) bond motifs is 1. The Labute approximate surface area is 152 Å². The third kappa shape index (κ3) is 4.45. The highest BCUT2D eigenvalue weighted by Crippen LogP contribution is 2.35. The Morgan fingerprint density at radius 2 is 2.15 bits per heavy atom. The molecule has 3 rings (SSSR count). The van der Waals surface area contributed by atoms with Gasteiger partial charge in [-0.1, -0.05) is 6.07 Å². The molecule has 6 heteroatoms. The monoisotopic (exact) mass is 359 g/mol. The molecule has 2 aromatic rings. The highest BCUT2D eigenvalue weighted by Gasteiger charge is 2.22. The third-order valence-electron chi connectivity index (χ3n) is 4.02. The molecule has 1 N–H and O–H groups in total. The van der Waals surface area contributed by atoms with Gasteiger partial charge in [-0.05, 0) is 38.1 Å². The molecule has 0 aromatic heterocycles. The van der Waals surface area contributed by atoms with Crippen molar-refractivity contribution >= 4 is 5.91 Å². The molecule has 1 amide bonds. The Bertz CT molecular complexity index is 793. The molecule has 0 radical (unpaired) electrons. The van der Waals surface area contributed by atoms with E-state index in [1.54, 1.807) is 6.07 Å². The minimum absolute atomic E-state index is 0.143. The van der Waals surface area contributed by atoms with Gasteiger partial charge in [0.05, 0.1) is 6.61 Å². The largest absolute Gasteiger partial charge is 0.494 e. The second kappa shape index (κ2) is 8.08. The van der Waals surface area contributed by atoms with Crippen LogP contribution in [0.3, 0.4) is 0 Å². The number of hydrogen-bond acceptors (Lipinski definition) is 4. The van der Waals surface area contributed by atoms with Gasteiger partial charge < -0.3 is 19.5 Å². The van der Waals surface area contributed by atoms with Gasteiger partial charge in [-0.25, -0.2) is 4.39 Å². The molecule has 0 aliphatic carbocycles. The summed E-state index contributed by atoms with van der Waals surface area (Å²) in [6.45, 7) is 4.59. The molecule has 138 valence electrons. The lowest BCUT2D eigenvalue weighted by atomic mass is 10.1. The van der Waals surface area contributed by atoms with E-state index >= 15 is 0 Å². The lowest BCUT2D eigenvalue weighted by Gasteiger charge is -2.13. The molecule has 1 aliphatic heterocycles. The van der Waals surface area contributed by atoms with Gasteiger partial charge in [0.2, 0.25) is 0 Å². The van der Waals surface area contributed by atoms with E-state index in [1.807, 2.05) is 26.0 Å². The van der Waals surface area contributed by atoms with Crippen LogP contribution in [0.5, 0.6) is 17.2 Å². The van der Waals surface area contributed by atoms with Gasteiger partial charge in [0.25, 0.3) is 5.91 Å². The van der Waals surface area contributed by atoms with E-state index < -0.39 is 5.82 Å². The summed E-state index contributed by atoms with van der Waals surface area (Å²) < 4.78 is 29.9. The van der Waals surface area contributed by atoms with Crippen LogP contribution in [-0.4, -0.2) is 25.2 Å². The fourth-order valence-electron chi connectivity index (χ4n) is 2.86. The smallest absolute Gasteiger partial charge is 0.258 e. The average molecular weight is 359 g/mol. The second-order valence-electron chi connectivity index (χ2n) is 6.16. The highest BCUT2D eigenvalue weighted by atomic mass is 19.1. The molecule has 1 unspecified atom stereocenters. The Morgan fingerprint density at radius 3 is 2.92 bits per heavy atom. The summed E-state index contributed by atoms with van der Waals surface area (Å²) in [6.07, 6.45) is 0.993. The van der Waals surface area contributed by atoms with Crippen molar-refractivity contribution in [3.8, 4) is 17.2 Å². The Morgan fingerprint density at radius 1 is 1.31 bits per heavy atom. The van der Waals surface area contributed by atoms with Crippen molar-refractivity contribution in [3.05, 3.63) is 53.3 Å². The summed E-state index contributed by atoms with van der Waals surface area (Å²) in [5, 5.41) is 2.79. The molecule has 0 saturated heterocycles. The SMILES string of the molecule is CCOc1cc2c(cc1CNC(=O)COc1cccc(F)c1)OC(C)C2. The molecular formula is C20H22FNO4. The van der Waals surface area contributed by atoms with Gasteiger partial charge in [-0.15, -0.1) is 0 Å². The Hall–Kier alpha value is -2.76. The molecule has 1 atom stereocenters. The molecule has 0 bridgehead atoms. The van der Waals surface area contributed by atoms with Crippen LogP contribution in [0, 0.1) is 5.82 Å². The maximum absolute atomic E-state index is 13.1. The van der Waals surface area contributed by atoms with Crippen molar-refractivity contribution in [2.24, 2.45) is 0 Å². The zero-order valence-corrected chi connectivity index (χ0v) is 14.9. The third-order valence-corrected chi connectivity index (χ3v) is 4.02. The number of hydrogen-bond donors (Lipinski definition) is 1. The standard InChI is InChI=1S/C20H22FNO4/c1-3-24-18-8-14-7-13(2)26-19(14)9-15(18)11-22-20(23)12-25-17-6-4-5-16(21)10-17/h4-6,8-10,13H,3,7,11-12H2,1-2H3,(H,22,23). The van der Waals surface area contributed by atoms with E-state index in [0.29, 0.717) is 18.9 Å². The van der Waals surface area contributed by atoms with E-state index in [0.717, 1.165) is 29.0 Å². The van der Waals surface area contributed by atoms with Crippen molar-refractivity contribution < 1.29 is 23.4 Å². The second-order valence-corrected chi connectivity index (χ2v) is 6.16. The van der Waals surface area contributed by atoms with Crippen LogP contribution in [0.25, 0.3) is 0 Å². The molecule has 1 aliphatic rings. The minimum atomic E-state index is -0.406. The fraction of sp³-hybridized carbons (Fsp3) is 0.350. The first-order chi connectivity index (χ1) is 12.5. The predicted molar refractivity (Wildman–Crippen MR) is 95.1 cm³/mol. The molecule has 0 fully saturated rings. The number of benzene rings is 2. The van der Waals surface area contributed by atoms with Gasteiger partial charge in [0.1, 0.15) is 29.2 Å². The normalized spacial score (nSPS) is 15.1. The van der Waals surface area contributed by atoms with Gasteiger partial charge in [-0.2, -0.15) is 0 Å². The van der Waals surface area contributed by atoms with Gasteiger partial charge in [0.15, 0.2) is 6.61 Å². The maximum atomic E-state index is 13.1. The van der Waals surface area contributed by atoms with Crippen LogP contribution in [0.1, 0.15) is 25.0 Å². The van der Waals surface area contributed by atoms with Crippen molar-refractivity contribution in [3.63, 3.8) is 0 Å². The molecular weight excluding hydrogens is 337 g/mol. The van der Waals surface area contributed by atoms with E-state index in [-0.39, 0.29) is 18.6 Å². The van der Waals surface area contributed by atoms with Crippen molar-refractivity contribution in [1.29, 1.82) is 0 Å². The van der Waals surface area contributed by atoms with Crippen LogP contribution in [0.15, 0.2) is 36.4 Å². The predicted octanol–water partition coefficient (Wildman–Crippen LogP) is 3.24. The van der Waals surface area contributed by atoms with Crippen LogP contribution in [0.4, 0.5) is 4.39 Å². The quantitative estimate of drug-likeness (QED) is 0.825. The van der Waals surface area contributed by atoms with Gasteiger partial charge in [-0.3, -0.25) is 4.79 Å². The van der Waals surface area contributed by atoms with Crippen molar-refractivity contribution in [1.82, 2.24) is 5.32 Å². The number of carbonyl (C=O) groups is 1. The number of carbonyl (C=O) groups excluding carboxylic acids is 1. The molecule has 0 spiro atoms. The Balaban J connectivity index is 1.60. The summed E-state index contributed by atoms with van der Waals surface area (Å²) in [5.74, 6) is 1.19. The zero-order chi connectivity index (χ0) is 18.5. The van der Waals surface area contributed by atoms with Crippen LogP contribution in [0.2, 0.25) is 0 Å². The molecule has 5 nitrogen and oxygen atoms in total. The summed E-state index contributed by atoms with van der Waals surface area (Å²) in [5.41, 5.74) is 1.96. The highest BCUT2D eigenvalue weighted by molar-refractivity contribution is 5.77. The number of halogens is 1. The van der Waals surface area contributed by atoms with E-state index in [4.69, 9.17) is 14.2 Å². The summed E-state index contributed by atoms with van der Waals surface area (Å²) in [4.78, 5) is 12.0. The maximum Gasteiger partial charge on any atom is 0.258 e.